The fourth-order valence-electron chi connectivity index (χ4n) is 0.832. The lowest BCUT2D eigenvalue weighted by Crippen LogP contribution is -2.20. The standard InChI is InChI=1S/C10H19NO4/c1-3-4-5-14-10(13)15-9(12)6-8(2)7-11/h8H,3-7,11H2,1-2H3. The molecular formula is C10H19NO4. The van der Waals surface area contributed by atoms with E-state index in [2.05, 4.69) is 9.47 Å². The van der Waals surface area contributed by atoms with Crippen molar-refractivity contribution >= 4 is 12.1 Å². The third-order valence-electron chi connectivity index (χ3n) is 1.83. The average Bonchev–Trinajstić information content (AvgIpc) is 2.17. The van der Waals surface area contributed by atoms with Gasteiger partial charge in [0, 0.05) is 6.42 Å². The number of unbranched alkanes of at least 4 members (excludes halogenated alkanes) is 1. The molecule has 0 aliphatic rings. The first-order valence-electron chi connectivity index (χ1n) is 5.17. The van der Waals surface area contributed by atoms with Crippen LogP contribution in [-0.4, -0.2) is 25.3 Å². The molecule has 0 aliphatic carbocycles. The van der Waals surface area contributed by atoms with Crippen molar-refractivity contribution < 1.29 is 19.1 Å². The zero-order chi connectivity index (χ0) is 11.7. The molecule has 0 aliphatic heterocycles. The zero-order valence-electron chi connectivity index (χ0n) is 9.32. The molecule has 0 radical (unpaired) electrons. The van der Waals surface area contributed by atoms with E-state index in [9.17, 15) is 9.59 Å². The molecule has 0 rings (SSSR count). The number of esters is 1. The van der Waals surface area contributed by atoms with Crippen molar-refractivity contribution in [3.05, 3.63) is 0 Å². The second kappa shape index (κ2) is 8.23. The average molecular weight is 217 g/mol. The van der Waals surface area contributed by atoms with E-state index in [4.69, 9.17) is 5.73 Å². The molecule has 0 saturated heterocycles. The van der Waals surface area contributed by atoms with Gasteiger partial charge in [-0.15, -0.1) is 0 Å². The lowest BCUT2D eigenvalue weighted by molar-refractivity contribution is -0.140. The van der Waals surface area contributed by atoms with E-state index in [0.29, 0.717) is 6.54 Å². The van der Waals surface area contributed by atoms with Gasteiger partial charge in [-0.05, 0) is 18.9 Å². The highest BCUT2D eigenvalue weighted by molar-refractivity contribution is 5.81. The molecule has 15 heavy (non-hydrogen) atoms. The van der Waals surface area contributed by atoms with Crippen molar-refractivity contribution in [1.82, 2.24) is 0 Å². The Morgan fingerprint density at radius 2 is 2.07 bits per heavy atom. The first-order valence-corrected chi connectivity index (χ1v) is 5.17. The summed E-state index contributed by atoms with van der Waals surface area (Å²) in [6.07, 6.45) is 0.908. The van der Waals surface area contributed by atoms with Crippen LogP contribution < -0.4 is 5.73 Å². The summed E-state index contributed by atoms with van der Waals surface area (Å²) < 4.78 is 9.07. The van der Waals surface area contributed by atoms with Crippen molar-refractivity contribution in [3.63, 3.8) is 0 Å². The Morgan fingerprint density at radius 1 is 1.40 bits per heavy atom. The molecule has 0 spiro atoms. The minimum absolute atomic E-state index is 0.0148. The SMILES string of the molecule is CCCCOC(=O)OC(=O)CC(C)CN. The summed E-state index contributed by atoms with van der Waals surface area (Å²) in [6.45, 7) is 4.46. The van der Waals surface area contributed by atoms with Crippen molar-refractivity contribution in [2.24, 2.45) is 11.7 Å². The van der Waals surface area contributed by atoms with Crippen LogP contribution in [0.5, 0.6) is 0 Å². The molecule has 0 aromatic carbocycles. The Hall–Kier alpha value is -1.10. The molecule has 0 amide bonds. The van der Waals surface area contributed by atoms with Gasteiger partial charge in [0.25, 0.3) is 0 Å². The fourth-order valence-corrected chi connectivity index (χ4v) is 0.832. The summed E-state index contributed by atoms with van der Waals surface area (Å²) in [4.78, 5) is 22.0. The van der Waals surface area contributed by atoms with E-state index in [1.807, 2.05) is 13.8 Å². The van der Waals surface area contributed by atoms with Crippen molar-refractivity contribution in [3.8, 4) is 0 Å². The quantitative estimate of drug-likeness (QED) is 0.414. The van der Waals surface area contributed by atoms with Crippen molar-refractivity contribution in [1.29, 1.82) is 0 Å². The number of ether oxygens (including phenoxy) is 2. The predicted molar refractivity (Wildman–Crippen MR) is 55.2 cm³/mol. The molecule has 0 aromatic rings. The summed E-state index contributed by atoms with van der Waals surface area (Å²) in [5.74, 6) is -0.574. The molecule has 0 heterocycles. The highest BCUT2D eigenvalue weighted by Crippen LogP contribution is 2.02. The van der Waals surface area contributed by atoms with Crippen LogP contribution in [0, 0.1) is 5.92 Å². The van der Waals surface area contributed by atoms with Crippen molar-refractivity contribution in [2.75, 3.05) is 13.2 Å². The van der Waals surface area contributed by atoms with E-state index in [-0.39, 0.29) is 18.9 Å². The predicted octanol–water partition coefficient (Wildman–Crippen LogP) is 1.45. The summed E-state index contributed by atoms with van der Waals surface area (Å²) in [7, 11) is 0. The van der Waals surface area contributed by atoms with Gasteiger partial charge in [-0.2, -0.15) is 0 Å². The van der Waals surface area contributed by atoms with Gasteiger partial charge >= 0.3 is 12.1 Å². The van der Waals surface area contributed by atoms with Gasteiger partial charge in [0.15, 0.2) is 0 Å². The highest BCUT2D eigenvalue weighted by atomic mass is 16.7. The molecule has 5 heteroatoms. The third kappa shape index (κ3) is 7.93. The molecular weight excluding hydrogens is 198 g/mol. The van der Waals surface area contributed by atoms with E-state index in [1.54, 1.807) is 0 Å². The number of nitrogens with two attached hydrogens (primary N) is 1. The van der Waals surface area contributed by atoms with E-state index >= 15 is 0 Å². The Labute approximate surface area is 89.9 Å². The number of carbonyl (C=O) groups is 2. The summed E-state index contributed by atoms with van der Waals surface area (Å²) in [5.41, 5.74) is 5.33. The van der Waals surface area contributed by atoms with Gasteiger partial charge in [0.1, 0.15) is 0 Å². The van der Waals surface area contributed by atoms with Gasteiger partial charge < -0.3 is 15.2 Å². The van der Waals surface area contributed by atoms with Crippen LogP contribution in [0.4, 0.5) is 4.79 Å². The Morgan fingerprint density at radius 3 is 2.60 bits per heavy atom. The van der Waals surface area contributed by atoms with Crippen LogP contribution in [0.25, 0.3) is 0 Å². The van der Waals surface area contributed by atoms with E-state index < -0.39 is 12.1 Å². The highest BCUT2D eigenvalue weighted by Gasteiger charge is 2.14. The Balaban J connectivity index is 3.62. The maximum atomic E-state index is 11.1. The van der Waals surface area contributed by atoms with Gasteiger partial charge in [-0.1, -0.05) is 20.3 Å². The molecule has 1 unspecified atom stereocenters. The first-order chi connectivity index (χ1) is 7.10. The summed E-state index contributed by atoms with van der Waals surface area (Å²) >= 11 is 0. The zero-order valence-corrected chi connectivity index (χ0v) is 9.32. The maximum absolute atomic E-state index is 11.1. The van der Waals surface area contributed by atoms with Crippen LogP contribution in [0.2, 0.25) is 0 Å². The van der Waals surface area contributed by atoms with Gasteiger partial charge in [0.05, 0.1) is 6.61 Å². The summed E-state index contributed by atoms with van der Waals surface area (Å²) in [5, 5.41) is 0. The molecule has 0 aromatic heterocycles. The Kier molecular flexibility index (Phi) is 7.62. The normalized spacial score (nSPS) is 11.9. The van der Waals surface area contributed by atoms with Crippen LogP contribution in [-0.2, 0) is 14.3 Å². The largest absolute Gasteiger partial charge is 0.516 e. The van der Waals surface area contributed by atoms with Gasteiger partial charge in [0.2, 0.25) is 0 Å². The molecule has 1 atom stereocenters. The van der Waals surface area contributed by atoms with Crippen molar-refractivity contribution in [2.45, 2.75) is 33.1 Å². The topological polar surface area (TPSA) is 78.6 Å². The lowest BCUT2D eigenvalue weighted by atomic mass is 10.1. The molecule has 0 saturated carbocycles. The minimum atomic E-state index is -0.919. The molecule has 88 valence electrons. The third-order valence-corrected chi connectivity index (χ3v) is 1.83. The number of hydrogen-bond donors (Lipinski definition) is 1. The maximum Gasteiger partial charge on any atom is 0.516 e. The van der Waals surface area contributed by atoms with Gasteiger partial charge in [-0.25, -0.2) is 4.79 Å². The second-order valence-corrected chi connectivity index (χ2v) is 3.47. The van der Waals surface area contributed by atoms with E-state index in [0.717, 1.165) is 12.8 Å². The number of rotatable bonds is 6. The van der Waals surface area contributed by atoms with Crippen LogP contribution >= 0.6 is 0 Å². The van der Waals surface area contributed by atoms with Gasteiger partial charge in [-0.3, -0.25) is 4.79 Å². The number of hydrogen-bond acceptors (Lipinski definition) is 5. The number of carbonyl (C=O) groups excluding carboxylic acids is 2. The first kappa shape index (κ1) is 13.9. The lowest BCUT2D eigenvalue weighted by Gasteiger charge is -2.07. The van der Waals surface area contributed by atoms with Crippen LogP contribution in [0.1, 0.15) is 33.1 Å². The smallest absolute Gasteiger partial charge is 0.434 e. The summed E-state index contributed by atoms with van der Waals surface area (Å²) in [6, 6.07) is 0. The molecule has 0 fully saturated rings. The Bertz CT molecular complexity index is 206. The minimum Gasteiger partial charge on any atom is -0.434 e. The molecule has 2 N–H and O–H groups in total. The second-order valence-electron chi connectivity index (χ2n) is 3.47. The van der Waals surface area contributed by atoms with Crippen LogP contribution in [0.3, 0.4) is 0 Å². The molecule has 0 bridgehead atoms. The monoisotopic (exact) mass is 217 g/mol. The van der Waals surface area contributed by atoms with Crippen LogP contribution in [0.15, 0.2) is 0 Å². The molecule has 5 nitrogen and oxygen atoms in total. The fraction of sp³-hybridized carbons (Fsp3) is 0.800. The van der Waals surface area contributed by atoms with E-state index in [1.165, 1.54) is 0 Å².